The summed E-state index contributed by atoms with van der Waals surface area (Å²) < 4.78 is 20.0. The van der Waals surface area contributed by atoms with E-state index in [0.717, 1.165) is 73.3 Å². The first kappa shape index (κ1) is 21.8. The zero-order valence-electron chi connectivity index (χ0n) is 19.4. The van der Waals surface area contributed by atoms with Crippen LogP contribution in [0.15, 0.2) is 48.5 Å². The predicted molar refractivity (Wildman–Crippen MR) is 128 cm³/mol. The summed E-state index contributed by atoms with van der Waals surface area (Å²) in [6.45, 7) is 8.59. The fraction of sp³-hybridized carbons (Fsp3) is 0.407. The third kappa shape index (κ3) is 5.17. The number of fused-ring (bicyclic) bond motifs is 1. The minimum Gasteiger partial charge on any atom is -0.439 e. The molecule has 0 bridgehead atoms. The van der Waals surface area contributed by atoms with E-state index in [1.54, 1.807) is 12.1 Å². The fourth-order valence-electron chi connectivity index (χ4n) is 4.61. The maximum atomic E-state index is 13.7. The molecule has 5 rings (SSSR count). The van der Waals surface area contributed by atoms with Crippen LogP contribution in [0, 0.1) is 18.7 Å². The molecule has 3 aromatic rings. The number of hydrogen-bond donors (Lipinski definition) is 0. The van der Waals surface area contributed by atoms with Crippen molar-refractivity contribution in [1.82, 2.24) is 14.9 Å². The summed E-state index contributed by atoms with van der Waals surface area (Å²) >= 11 is 0. The van der Waals surface area contributed by atoms with Gasteiger partial charge in [0.25, 0.3) is 0 Å². The van der Waals surface area contributed by atoms with Crippen LogP contribution in [0.1, 0.15) is 42.1 Å². The van der Waals surface area contributed by atoms with Crippen LogP contribution in [0.3, 0.4) is 0 Å². The number of aryl methyl sites for hydroxylation is 1. The van der Waals surface area contributed by atoms with Gasteiger partial charge in [-0.3, -0.25) is 4.90 Å². The number of hydrogen-bond acceptors (Lipinski definition) is 5. The summed E-state index contributed by atoms with van der Waals surface area (Å²) in [5, 5.41) is 0. The number of nitrogens with zero attached hydrogens (tertiary/aromatic N) is 4. The summed E-state index contributed by atoms with van der Waals surface area (Å²) in [6.07, 6.45) is 3.15. The maximum absolute atomic E-state index is 13.7. The molecular formula is C27H31FN4O. The van der Waals surface area contributed by atoms with Crippen molar-refractivity contribution in [3.05, 3.63) is 76.7 Å². The van der Waals surface area contributed by atoms with Crippen LogP contribution in [-0.2, 0) is 19.5 Å². The number of benzene rings is 2. The fourth-order valence-corrected chi connectivity index (χ4v) is 4.61. The third-order valence-corrected chi connectivity index (χ3v) is 6.69. The highest BCUT2D eigenvalue weighted by Crippen LogP contribution is 2.33. The lowest BCUT2D eigenvalue weighted by molar-refractivity contribution is 0.238. The molecule has 2 aliphatic rings. The molecule has 0 atom stereocenters. The van der Waals surface area contributed by atoms with E-state index in [1.807, 2.05) is 30.3 Å². The molecule has 172 valence electrons. The van der Waals surface area contributed by atoms with Crippen LogP contribution in [0.25, 0.3) is 0 Å². The minimum atomic E-state index is -0.197. The van der Waals surface area contributed by atoms with E-state index in [1.165, 1.54) is 11.6 Å². The number of halogens is 1. The molecule has 6 heteroatoms. The zero-order valence-corrected chi connectivity index (χ0v) is 19.4. The van der Waals surface area contributed by atoms with Crippen LogP contribution in [0.2, 0.25) is 0 Å². The molecule has 0 radical (unpaired) electrons. The van der Waals surface area contributed by atoms with Crippen molar-refractivity contribution in [1.29, 1.82) is 0 Å². The van der Waals surface area contributed by atoms with Crippen molar-refractivity contribution in [2.45, 2.75) is 46.2 Å². The Morgan fingerprint density at radius 2 is 1.82 bits per heavy atom. The Hall–Kier alpha value is -2.99. The van der Waals surface area contributed by atoms with Gasteiger partial charge in [0.05, 0.1) is 11.3 Å². The Bertz CT molecular complexity index is 1110. The number of rotatable bonds is 5. The van der Waals surface area contributed by atoms with E-state index in [4.69, 9.17) is 14.7 Å². The SMILES string of the molecule is Cc1ccc(Oc2nc(N3CCC(C)CC3)nc3c2CN(Cc2cccc(F)c2)CC3)cc1. The quantitative estimate of drug-likeness (QED) is 0.517. The normalized spacial score (nSPS) is 17.1. The summed E-state index contributed by atoms with van der Waals surface area (Å²) in [5.41, 5.74) is 4.26. The molecule has 33 heavy (non-hydrogen) atoms. The van der Waals surface area contributed by atoms with Gasteiger partial charge in [0.1, 0.15) is 11.6 Å². The van der Waals surface area contributed by atoms with E-state index in [-0.39, 0.29) is 5.82 Å². The van der Waals surface area contributed by atoms with E-state index in [0.29, 0.717) is 19.0 Å². The van der Waals surface area contributed by atoms with Crippen molar-refractivity contribution < 1.29 is 9.13 Å². The van der Waals surface area contributed by atoms with Gasteiger partial charge >= 0.3 is 0 Å². The molecule has 2 aromatic carbocycles. The lowest BCUT2D eigenvalue weighted by Gasteiger charge is -2.33. The summed E-state index contributed by atoms with van der Waals surface area (Å²) in [4.78, 5) is 14.5. The second-order valence-electron chi connectivity index (χ2n) is 9.43. The van der Waals surface area contributed by atoms with Crippen LogP contribution in [0.4, 0.5) is 10.3 Å². The van der Waals surface area contributed by atoms with Crippen molar-refractivity contribution in [2.75, 3.05) is 24.5 Å². The van der Waals surface area contributed by atoms with Crippen molar-refractivity contribution >= 4 is 5.95 Å². The molecule has 0 aliphatic carbocycles. The lowest BCUT2D eigenvalue weighted by Crippen LogP contribution is -2.36. The molecular weight excluding hydrogens is 415 g/mol. The first-order valence-electron chi connectivity index (χ1n) is 11.9. The Morgan fingerprint density at radius 3 is 2.58 bits per heavy atom. The van der Waals surface area contributed by atoms with Gasteiger partial charge in [-0.25, -0.2) is 9.37 Å². The Balaban J connectivity index is 1.44. The molecule has 0 unspecified atom stereocenters. The standard InChI is InChI=1S/C27H31FN4O/c1-19-6-8-23(9-7-19)33-26-24-18-31(17-21-4-3-5-22(28)16-21)13-12-25(24)29-27(30-26)32-14-10-20(2)11-15-32/h3-9,16,20H,10-15,17-18H2,1-2H3. The number of anilines is 1. The van der Waals surface area contributed by atoms with Gasteiger partial charge in [-0.05, 0) is 55.5 Å². The van der Waals surface area contributed by atoms with Gasteiger partial charge in [0, 0.05) is 39.1 Å². The maximum Gasteiger partial charge on any atom is 0.228 e. The van der Waals surface area contributed by atoms with Crippen LogP contribution < -0.4 is 9.64 Å². The van der Waals surface area contributed by atoms with E-state index in [9.17, 15) is 4.39 Å². The van der Waals surface area contributed by atoms with Gasteiger partial charge in [-0.1, -0.05) is 36.8 Å². The monoisotopic (exact) mass is 446 g/mol. The average Bonchev–Trinajstić information content (AvgIpc) is 2.81. The zero-order chi connectivity index (χ0) is 22.8. The third-order valence-electron chi connectivity index (χ3n) is 6.69. The summed E-state index contributed by atoms with van der Waals surface area (Å²) in [7, 11) is 0. The average molecular weight is 447 g/mol. The molecule has 0 N–H and O–H groups in total. The predicted octanol–water partition coefficient (Wildman–Crippen LogP) is 5.51. The first-order chi connectivity index (χ1) is 16.0. The summed E-state index contributed by atoms with van der Waals surface area (Å²) in [6, 6.07) is 14.9. The molecule has 0 saturated carbocycles. The van der Waals surface area contributed by atoms with Crippen molar-refractivity contribution in [3.8, 4) is 11.6 Å². The van der Waals surface area contributed by atoms with Crippen molar-refractivity contribution in [2.24, 2.45) is 5.92 Å². The van der Waals surface area contributed by atoms with Crippen LogP contribution in [-0.4, -0.2) is 34.5 Å². The van der Waals surface area contributed by atoms with Gasteiger partial charge in [-0.15, -0.1) is 0 Å². The van der Waals surface area contributed by atoms with Crippen molar-refractivity contribution in [3.63, 3.8) is 0 Å². The topological polar surface area (TPSA) is 41.5 Å². The number of ether oxygens (including phenoxy) is 1. The van der Waals surface area contributed by atoms with E-state index in [2.05, 4.69) is 23.6 Å². The van der Waals surface area contributed by atoms with Gasteiger partial charge in [-0.2, -0.15) is 4.98 Å². The Kier molecular flexibility index (Phi) is 6.27. The number of aromatic nitrogens is 2. The second kappa shape index (κ2) is 9.48. The van der Waals surface area contributed by atoms with Gasteiger partial charge in [0.2, 0.25) is 11.8 Å². The van der Waals surface area contributed by atoms with Crippen LogP contribution >= 0.6 is 0 Å². The van der Waals surface area contributed by atoms with E-state index < -0.39 is 0 Å². The highest BCUT2D eigenvalue weighted by Gasteiger charge is 2.27. The molecule has 1 aromatic heterocycles. The number of piperidine rings is 1. The molecule has 2 aliphatic heterocycles. The lowest BCUT2D eigenvalue weighted by atomic mass is 9.99. The second-order valence-corrected chi connectivity index (χ2v) is 9.43. The Labute approximate surface area is 195 Å². The minimum absolute atomic E-state index is 0.197. The first-order valence-corrected chi connectivity index (χ1v) is 11.9. The molecule has 1 saturated heterocycles. The molecule has 3 heterocycles. The van der Waals surface area contributed by atoms with Gasteiger partial charge in [0.15, 0.2) is 0 Å². The highest BCUT2D eigenvalue weighted by atomic mass is 19.1. The van der Waals surface area contributed by atoms with Gasteiger partial charge < -0.3 is 9.64 Å². The molecule has 5 nitrogen and oxygen atoms in total. The molecule has 1 fully saturated rings. The van der Waals surface area contributed by atoms with Crippen LogP contribution in [0.5, 0.6) is 11.6 Å². The largest absolute Gasteiger partial charge is 0.439 e. The summed E-state index contributed by atoms with van der Waals surface area (Å²) in [5.74, 6) is 2.75. The molecule has 0 spiro atoms. The Morgan fingerprint density at radius 1 is 1.03 bits per heavy atom. The smallest absolute Gasteiger partial charge is 0.228 e. The highest BCUT2D eigenvalue weighted by molar-refractivity contribution is 5.44. The van der Waals surface area contributed by atoms with E-state index >= 15 is 0 Å². The molecule has 0 amide bonds.